The molecule has 0 bridgehead atoms. The van der Waals surface area contributed by atoms with Gasteiger partial charge < -0.3 is 0 Å². The van der Waals surface area contributed by atoms with Crippen molar-refractivity contribution in [3.8, 4) is 0 Å². The minimum absolute atomic E-state index is 0.339. The van der Waals surface area contributed by atoms with Crippen molar-refractivity contribution in [2.45, 2.75) is 34.6 Å². The lowest BCUT2D eigenvalue weighted by Crippen LogP contribution is -2.09. The summed E-state index contributed by atoms with van der Waals surface area (Å²) in [6.07, 6.45) is 2.02. The van der Waals surface area contributed by atoms with Crippen molar-refractivity contribution in [1.29, 1.82) is 0 Å². The Morgan fingerprint density at radius 3 is 2.10 bits per heavy atom. The third kappa shape index (κ3) is 7.67. The van der Waals surface area contributed by atoms with Crippen LogP contribution in [0, 0.1) is 11.3 Å². The van der Waals surface area contributed by atoms with Crippen molar-refractivity contribution < 1.29 is 0 Å². The maximum absolute atomic E-state index is 4.32. The van der Waals surface area contributed by atoms with Crippen LogP contribution in [-0.2, 0) is 0 Å². The molecule has 0 rings (SSSR count). The van der Waals surface area contributed by atoms with Crippen molar-refractivity contribution in [3.63, 3.8) is 0 Å². The van der Waals surface area contributed by atoms with E-state index in [9.17, 15) is 0 Å². The highest BCUT2D eigenvalue weighted by Crippen LogP contribution is 2.12. The Balaban J connectivity index is 3.54. The van der Waals surface area contributed by atoms with Gasteiger partial charge in [0.2, 0.25) is 0 Å². The van der Waals surface area contributed by atoms with Gasteiger partial charge in [-0.1, -0.05) is 34.6 Å². The molecular formula is C9H19N. The lowest BCUT2D eigenvalue weighted by molar-refractivity contribution is 0.429. The normalized spacial score (nSPS) is 13.4. The Hall–Kier alpha value is -0.330. The Labute approximate surface area is 64.6 Å². The Bertz CT molecular complexity index is 106. The van der Waals surface area contributed by atoms with Crippen LogP contribution >= 0.6 is 0 Å². The van der Waals surface area contributed by atoms with Gasteiger partial charge in [0.25, 0.3) is 0 Å². The SMILES string of the molecule is CC(C)C=NCC(C)(C)C. The average Bonchev–Trinajstić information content (AvgIpc) is 1.59. The first-order chi connectivity index (χ1) is 4.42. The average molecular weight is 141 g/mol. The fraction of sp³-hybridized carbons (Fsp3) is 0.889. The predicted octanol–water partition coefficient (Wildman–Crippen LogP) is 2.76. The summed E-state index contributed by atoms with van der Waals surface area (Å²) in [6.45, 7) is 11.8. The van der Waals surface area contributed by atoms with Crippen LogP contribution in [0.15, 0.2) is 4.99 Å². The van der Waals surface area contributed by atoms with Gasteiger partial charge in [0, 0.05) is 12.8 Å². The van der Waals surface area contributed by atoms with E-state index in [1.165, 1.54) is 0 Å². The molecule has 0 aliphatic carbocycles. The number of hydrogen-bond acceptors (Lipinski definition) is 1. The zero-order valence-electron chi connectivity index (χ0n) is 7.81. The molecule has 0 saturated heterocycles. The first kappa shape index (κ1) is 9.67. The summed E-state index contributed by atoms with van der Waals surface area (Å²) in [7, 11) is 0. The molecular weight excluding hydrogens is 122 g/mol. The topological polar surface area (TPSA) is 12.4 Å². The number of hydrogen-bond donors (Lipinski definition) is 0. The van der Waals surface area contributed by atoms with Crippen LogP contribution in [0.4, 0.5) is 0 Å². The Kier molecular flexibility index (Phi) is 3.62. The molecule has 0 radical (unpaired) electrons. The first-order valence-corrected chi connectivity index (χ1v) is 3.92. The minimum Gasteiger partial charge on any atom is -0.297 e. The molecule has 60 valence electrons. The van der Waals surface area contributed by atoms with E-state index in [1.54, 1.807) is 0 Å². The van der Waals surface area contributed by atoms with Gasteiger partial charge in [-0.2, -0.15) is 0 Å². The second kappa shape index (κ2) is 3.75. The molecule has 0 aromatic rings. The third-order valence-electron chi connectivity index (χ3n) is 0.969. The second-order valence-electron chi connectivity index (χ2n) is 4.29. The molecule has 0 fully saturated rings. The van der Waals surface area contributed by atoms with E-state index >= 15 is 0 Å². The van der Waals surface area contributed by atoms with Gasteiger partial charge in [0.1, 0.15) is 0 Å². The predicted molar refractivity (Wildman–Crippen MR) is 47.7 cm³/mol. The monoisotopic (exact) mass is 141 g/mol. The molecule has 0 aromatic carbocycles. The fourth-order valence-electron chi connectivity index (χ4n) is 0.537. The zero-order chi connectivity index (χ0) is 8.20. The highest BCUT2D eigenvalue weighted by atomic mass is 14.7. The van der Waals surface area contributed by atoms with Crippen LogP contribution in [-0.4, -0.2) is 12.8 Å². The molecule has 0 amide bonds. The molecule has 1 nitrogen and oxygen atoms in total. The summed E-state index contributed by atoms with van der Waals surface area (Å²) in [5.41, 5.74) is 0.339. The van der Waals surface area contributed by atoms with E-state index in [0.717, 1.165) is 6.54 Å². The first-order valence-electron chi connectivity index (χ1n) is 3.92. The molecule has 1 heteroatoms. The quantitative estimate of drug-likeness (QED) is 0.524. The van der Waals surface area contributed by atoms with Crippen molar-refractivity contribution in [1.82, 2.24) is 0 Å². The van der Waals surface area contributed by atoms with Crippen LogP contribution in [0.1, 0.15) is 34.6 Å². The molecule has 0 spiro atoms. The molecule has 10 heavy (non-hydrogen) atoms. The van der Waals surface area contributed by atoms with Crippen molar-refractivity contribution in [2.75, 3.05) is 6.54 Å². The Morgan fingerprint density at radius 1 is 1.30 bits per heavy atom. The molecule has 0 N–H and O–H groups in total. The molecule has 0 aliphatic rings. The summed E-state index contributed by atoms with van der Waals surface area (Å²) in [5, 5.41) is 0. The van der Waals surface area contributed by atoms with Crippen LogP contribution in [0.5, 0.6) is 0 Å². The van der Waals surface area contributed by atoms with E-state index in [4.69, 9.17) is 0 Å². The summed E-state index contributed by atoms with van der Waals surface area (Å²) in [4.78, 5) is 4.32. The lowest BCUT2D eigenvalue weighted by Gasteiger charge is -2.13. The Morgan fingerprint density at radius 2 is 1.80 bits per heavy atom. The lowest BCUT2D eigenvalue weighted by atomic mass is 9.97. The van der Waals surface area contributed by atoms with Gasteiger partial charge in [-0.15, -0.1) is 0 Å². The van der Waals surface area contributed by atoms with Crippen LogP contribution in [0.3, 0.4) is 0 Å². The number of rotatable bonds is 2. The molecule has 0 aromatic heterocycles. The fourth-order valence-corrected chi connectivity index (χ4v) is 0.537. The number of nitrogens with zero attached hydrogens (tertiary/aromatic N) is 1. The van der Waals surface area contributed by atoms with Crippen LogP contribution < -0.4 is 0 Å². The van der Waals surface area contributed by atoms with Gasteiger partial charge in [0.15, 0.2) is 0 Å². The molecule has 0 atom stereocenters. The van der Waals surface area contributed by atoms with Gasteiger partial charge in [-0.3, -0.25) is 4.99 Å². The smallest absolute Gasteiger partial charge is 0.0434 e. The molecule has 0 heterocycles. The van der Waals surface area contributed by atoms with E-state index in [-0.39, 0.29) is 0 Å². The second-order valence-corrected chi connectivity index (χ2v) is 4.29. The van der Waals surface area contributed by atoms with Gasteiger partial charge in [-0.05, 0) is 11.3 Å². The highest BCUT2D eigenvalue weighted by molar-refractivity contribution is 5.59. The van der Waals surface area contributed by atoms with E-state index in [1.807, 2.05) is 6.21 Å². The maximum atomic E-state index is 4.32. The number of aliphatic imine (C=N–C) groups is 1. The third-order valence-corrected chi connectivity index (χ3v) is 0.969. The summed E-state index contributed by atoms with van der Waals surface area (Å²) in [5.74, 6) is 0.586. The minimum atomic E-state index is 0.339. The van der Waals surface area contributed by atoms with Crippen molar-refractivity contribution in [2.24, 2.45) is 16.3 Å². The summed E-state index contributed by atoms with van der Waals surface area (Å²) >= 11 is 0. The van der Waals surface area contributed by atoms with Crippen LogP contribution in [0.25, 0.3) is 0 Å². The van der Waals surface area contributed by atoms with E-state index in [2.05, 4.69) is 39.6 Å². The molecule has 0 unspecified atom stereocenters. The van der Waals surface area contributed by atoms with E-state index < -0.39 is 0 Å². The van der Waals surface area contributed by atoms with Gasteiger partial charge in [0.05, 0.1) is 0 Å². The van der Waals surface area contributed by atoms with Crippen molar-refractivity contribution >= 4 is 6.21 Å². The summed E-state index contributed by atoms with van der Waals surface area (Å²) in [6, 6.07) is 0. The highest BCUT2D eigenvalue weighted by Gasteiger charge is 2.07. The van der Waals surface area contributed by atoms with Gasteiger partial charge >= 0.3 is 0 Å². The molecule has 0 saturated carbocycles. The van der Waals surface area contributed by atoms with Gasteiger partial charge in [-0.25, -0.2) is 0 Å². The standard InChI is InChI=1S/C9H19N/c1-8(2)6-10-7-9(3,4)5/h6,8H,7H2,1-5H3. The molecule has 0 aliphatic heterocycles. The maximum Gasteiger partial charge on any atom is 0.0434 e. The zero-order valence-corrected chi connectivity index (χ0v) is 7.81. The largest absolute Gasteiger partial charge is 0.297 e. The van der Waals surface area contributed by atoms with Crippen molar-refractivity contribution in [3.05, 3.63) is 0 Å². The van der Waals surface area contributed by atoms with E-state index in [0.29, 0.717) is 11.3 Å². The summed E-state index contributed by atoms with van der Waals surface area (Å²) < 4.78 is 0. The van der Waals surface area contributed by atoms with Crippen LogP contribution in [0.2, 0.25) is 0 Å².